The van der Waals surface area contributed by atoms with Crippen LogP contribution < -0.4 is 4.72 Å². The van der Waals surface area contributed by atoms with Crippen molar-refractivity contribution in [2.75, 3.05) is 0 Å². The van der Waals surface area contributed by atoms with Gasteiger partial charge in [-0.2, -0.15) is 5.10 Å². The lowest BCUT2D eigenvalue weighted by Gasteiger charge is -2.09. The van der Waals surface area contributed by atoms with Gasteiger partial charge in [-0.1, -0.05) is 23.8 Å². The molecular weight excluding hydrogens is 366 g/mol. The highest BCUT2D eigenvalue weighted by Crippen LogP contribution is 2.34. The lowest BCUT2D eigenvalue weighted by molar-refractivity contribution is 0.581. The molecule has 0 radical (unpaired) electrons. The first-order valence-electron chi connectivity index (χ1n) is 8.37. The summed E-state index contributed by atoms with van der Waals surface area (Å²) in [6, 6.07) is 7.76. The fraction of sp³-hybridized carbons (Fsp3) is 0.316. The third-order valence-corrected chi connectivity index (χ3v) is 7.32. The molecule has 0 saturated heterocycles. The van der Waals surface area contributed by atoms with Crippen LogP contribution in [-0.2, 0) is 16.6 Å². The minimum Gasteiger partial charge on any atom is -0.282 e. The predicted octanol–water partition coefficient (Wildman–Crippen LogP) is 4.16. The molecule has 0 spiro atoms. The van der Waals surface area contributed by atoms with Gasteiger partial charge in [0.25, 0.3) is 0 Å². The molecule has 2 aromatic heterocycles. The van der Waals surface area contributed by atoms with E-state index in [1.807, 2.05) is 52.8 Å². The number of hydrogen-bond donors (Lipinski definition) is 2. The molecule has 7 heteroatoms. The maximum atomic E-state index is 12.8. The number of rotatable bonds is 5. The molecule has 0 aliphatic rings. The standard InChI is InChI=1S/C19H23N3O2S2/c1-11-6-7-12(2)16(8-11)10-20-26(23,24)18-9-17(25-15(18)5)19-13(3)14(4)21-22-19/h6-9,20H,10H2,1-5H3,(H,21,22). The van der Waals surface area contributed by atoms with Crippen LogP contribution in [0, 0.1) is 34.6 Å². The molecule has 0 fully saturated rings. The minimum absolute atomic E-state index is 0.279. The highest BCUT2D eigenvalue weighted by molar-refractivity contribution is 7.89. The molecular formula is C19H23N3O2S2. The Labute approximate surface area is 158 Å². The molecule has 0 bridgehead atoms. The highest BCUT2D eigenvalue weighted by Gasteiger charge is 2.22. The van der Waals surface area contributed by atoms with Gasteiger partial charge in [-0.25, -0.2) is 13.1 Å². The van der Waals surface area contributed by atoms with Crippen LogP contribution in [0.25, 0.3) is 10.6 Å². The van der Waals surface area contributed by atoms with E-state index in [0.717, 1.165) is 43.4 Å². The molecule has 2 N–H and O–H groups in total. The Hall–Kier alpha value is -1.96. The molecule has 138 valence electrons. The normalized spacial score (nSPS) is 11.9. The number of nitrogens with one attached hydrogen (secondary N) is 2. The van der Waals surface area contributed by atoms with Crippen LogP contribution in [0.1, 0.15) is 32.8 Å². The molecule has 26 heavy (non-hydrogen) atoms. The van der Waals surface area contributed by atoms with Crippen LogP contribution in [0.15, 0.2) is 29.2 Å². The van der Waals surface area contributed by atoms with Crippen LogP contribution in [0.3, 0.4) is 0 Å². The first-order valence-corrected chi connectivity index (χ1v) is 10.7. The summed E-state index contributed by atoms with van der Waals surface area (Å²) in [6.45, 7) is 10.0. The summed E-state index contributed by atoms with van der Waals surface area (Å²) in [6.07, 6.45) is 0. The van der Waals surface area contributed by atoms with Crippen molar-refractivity contribution in [1.29, 1.82) is 0 Å². The SMILES string of the molecule is Cc1ccc(C)c(CNS(=O)(=O)c2cc(-c3n[nH]c(C)c3C)sc2C)c1. The number of aromatic amines is 1. The molecule has 1 aromatic carbocycles. The Morgan fingerprint density at radius 2 is 1.85 bits per heavy atom. The van der Waals surface area contributed by atoms with Gasteiger partial charge in [-0.15, -0.1) is 11.3 Å². The molecule has 0 aliphatic carbocycles. The van der Waals surface area contributed by atoms with E-state index in [1.165, 1.54) is 11.3 Å². The molecule has 3 rings (SSSR count). The van der Waals surface area contributed by atoms with Gasteiger partial charge in [0.2, 0.25) is 10.0 Å². The number of H-pyrrole nitrogens is 1. The number of nitrogens with zero attached hydrogens (tertiary/aromatic N) is 1. The third kappa shape index (κ3) is 3.60. The summed E-state index contributed by atoms with van der Waals surface area (Å²) in [5.41, 5.74) is 6.01. The zero-order valence-corrected chi connectivity index (χ0v) is 17.2. The number of sulfonamides is 1. The van der Waals surface area contributed by atoms with E-state index in [0.29, 0.717) is 4.90 Å². The van der Waals surface area contributed by atoms with Gasteiger partial charge in [0.15, 0.2) is 0 Å². The number of aryl methyl sites for hydroxylation is 4. The maximum Gasteiger partial charge on any atom is 0.241 e. The van der Waals surface area contributed by atoms with E-state index >= 15 is 0 Å². The predicted molar refractivity (Wildman–Crippen MR) is 106 cm³/mol. The Morgan fingerprint density at radius 1 is 1.12 bits per heavy atom. The largest absolute Gasteiger partial charge is 0.282 e. The Balaban J connectivity index is 1.88. The smallest absolute Gasteiger partial charge is 0.241 e. The van der Waals surface area contributed by atoms with Gasteiger partial charge in [0.05, 0.1) is 9.77 Å². The van der Waals surface area contributed by atoms with Crippen molar-refractivity contribution in [2.24, 2.45) is 0 Å². The van der Waals surface area contributed by atoms with Crippen molar-refractivity contribution in [3.63, 3.8) is 0 Å². The van der Waals surface area contributed by atoms with Gasteiger partial charge in [-0.3, -0.25) is 5.10 Å². The van der Waals surface area contributed by atoms with Gasteiger partial charge in [-0.05, 0) is 57.4 Å². The van der Waals surface area contributed by atoms with E-state index < -0.39 is 10.0 Å². The van der Waals surface area contributed by atoms with Crippen LogP contribution in [0.5, 0.6) is 0 Å². The average Bonchev–Trinajstić information content (AvgIpc) is 3.12. The summed E-state index contributed by atoms with van der Waals surface area (Å²) in [5.74, 6) is 0. The number of aromatic nitrogens is 2. The second-order valence-electron chi connectivity index (χ2n) is 6.61. The van der Waals surface area contributed by atoms with Crippen molar-refractivity contribution in [3.05, 3.63) is 57.1 Å². The van der Waals surface area contributed by atoms with E-state index in [4.69, 9.17) is 0 Å². The van der Waals surface area contributed by atoms with Crippen molar-refractivity contribution in [1.82, 2.24) is 14.9 Å². The van der Waals surface area contributed by atoms with Crippen LogP contribution >= 0.6 is 11.3 Å². The quantitative estimate of drug-likeness (QED) is 0.688. The zero-order valence-electron chi connectivity index (χ0n) is 15.6. The second-order valence-corrected chi connectivity index (χ2v) is 9.60. The molecule has 0 amide bonds. The molecule has 0 unspecified atom stereocenters. The fourth-order valence-corrected chi connectivity index (χ4v) is 5.46. The monoisotopic (exact) mass is 389 g/mol. The first kappa shape index (κ1) is 18.8. The lowest BCUT2D eigenvalue weighted by Crippen LogP contribution is -2.23. The molecule has 2 heterocycles. The van der Waals surface area contributed by atoms with E-state index in [1.54, 1.807) is 6.07 Å². The third-order valence-electron chi connectivity index (χ3n) is 4.61. The van der Waals surface area contributed by atoms with Crippen molar-refractivity contribution in [2.45, 2.75) is 46.1 Å². The molecule has 5 nitrogen and oxygen atoms in total. The first-order chi connectivity index (χ1) is 12.2. The summed E-state index contributed by atoms with van der Waals surface area (Å²) in [5, 5.41) is 7.26. The summed E-state index contributed by atoms with van der Waals surface area (Å²) < 4.78 is 28.4. The highest BCUT2D eigenvalue weighted by atomic mass is 32.2. The summed E-state index contributed by atoms with van der Waals surface area (Å²) >= 11 is 1.45. The maximum absolute atomic E-state index is 12.8. The minimum atomic E-state index is -3.59. The summed E-state index contributed by atoms with van der Waals surface area (Å²) in [4.78, 5) is 1.94. The molecule has 0 atom stereocenters. The summed E-state index contributed by atoms with van der Waals surface area (Å²) in [7, 11) is -3.59. The average molecular weight is 390 g/mol. The van der Waals surface area contributed by atoms with Crippen LogP contribution in [0.2, 0.25) is 0 Å². The van der Waals surface area contributed by atoms with E-state index in [9.17, 15) is 8.42 Å². The molecule has 3 aromatic rings. The Morgan fingerprint density at radius 3 is 2.50 bits per heavy atom. The topological polar surface area (TPSA) is 74.8 Å². The van der Waals surface area contributed by atoms with Crippen molar-refractivity contribution >= 4 is 21.4 Å². The number of hydrogen-bond acceptors (Lipinski definition) is 4. The van der Waals surface area contributed by atoms with Crippen LogP contribution in [0.4, 0.5) is 0 Å². The lowest BCUT2D eigenvalue weighted by atomic mass is 10.1. The van der Waals surface area contributed by atoms with Gasteiger partial charge < -0.3 is 0 Å². The van der Waals surface area contributed by atoms with Gasteiger partial charge >= 0.3 is 0 Å². The second kappa shape index (κ2) is 6.98. The van der Waals surface area contributed by atoms with Gasteiger partial charge in [0.1, 0.15) is 5.69 Å². The van der Waals surface area contributed by atoms with Gasteiger partial charge in [0, 0.05) is 17.1 Å². The van der Waals surface area contributed by atoms with Crippen molar-refractivity contribution < 1.29 is 8.42 Å². The zero-order chi connectivity index (χ0) is 19.1. The van der Waals surface area contributed by atoms with E-state index in [-0.39, 0.29) is 6.54 Å². The molecule has 0 aliphatic heterocycles. The Bertz CT molecular complexity index is 1060. The fourth-order valence-electron chi connectivity index (χ4n) is 2.82. The molecule has 0 saturated carbocycles. The number of benzene rings is 1. The Kier molecular flexibility index (Phi) is 5.05. The van der Waals surface area contributed by atoms with Crippen molar-refractivity contribution in [3.8, 4) is 10.6 Å². The van der Waals surface area contributed by atoms with E-state index in [2.05, 4.69) is 14.9 Å². The van der Waals surface area contributed by atoms with Crippen LogP contribution in [-0.4, -0.2) is 18.6 Å². The number of thiophene rings is 1.